The lowest BCUT2D eigenvalue weighted by atomic mass is 10.1. The van der Waals surface area contributed by atoms with Crippen LogP contribution in [0.2, 0.25) is 0 Å². The maximum absolute atomic E-state index is 11.8. The van der Waals surface area contributed by atoms with E-state index in [1.807, 2.05) is 13.8 Å². The third-order valence-electron chi connectivity index (χ3n) is 4.28. The van der Waals surface area contributed by atoms with Crippen LogP contribution >= 0.6 is 0 Å². The number of ether oxygens (including phenoxy) is 2. The van der Waals surface area contributed by atoms with E-state index in [1.165, 1.54) is 19.3 Å². The van der Waals surface area contributed by atoms with Crippen molar-refractivity contribution in [2.75, 3.05) is 6.61 Å². The SMILES string of the molecule is CCCCCCC(C)OC(=O)CCCCCCCCC(=O)OCCC. The molecule has 0 aliphatic carbocycles. The molecule has 148 valence electrons. The van der Waals surface area contributed by atoms with Crippen molar-refractivity contribution in [1.82, 2.24) is 0 Å². The predicted molar refractivity (Wildman–Crippen MR) is 102 cm³/mol. The number of hydrogen-bond acceptors (Lipinski definition) is 4. The Bertz CT molecular complexity index is 328. The van der Waals surface area contributed by atoms with Crippen LogP contribution in [0.3, 0.4) is 0 Å². The van der Waals surface area contributed by atoms with Gasteiger partial charge < -0.3 is 9.47 Å². The van der Waals surface area contributed by atoms with E-state index in [0.29, 0.717) is 19.4 Å². The zero-order valence-electron chi connectivity index (χ0n) is 16.8. The molecule has 4 heteroatoms. The summed E-state index contributed by atoms with van der Waals surface area (Å²) in [6, 6.07) is 0. The van der Waals surface area contributed by atoms with Gasteiger partial charge in [0, 0.05) is 12.8 Å². The summed E-state index contributed by atoms with van der Waals surface area (Å²) in [6.45, 7) is 6.73. The Hall–Kier alpha value is -1.06. The molecule has 0 heterocycles. The van der Waals surface area contributed by atoms with Gasteiger partial charge in [-0.1, -0.05) is 58.8 Å². The molecule has 0 aromatic heterocycles. The Kier molecular flexibility index (Phi) is 17.0. The van der Waals surface area contributed by atoms with E-state index in [1.54, 1.807) is 0 Å². The molecule has 0 radical (unpaired) electrons. The molecule has 0 bridgehead atoms. The van der Waals surface area contributed by atoms with Gasteiger partial charge in [-0.3, -0.25) is 9.59 Å². The minimum Gasteiger partial charge on any atom is -0.466 e. The first-order valence-corrected chi connectivity index (χ1v) is 10.4. The van der Waals surface area contributed by atoms with Crippen molar-refractivity contribution < 1.29 is 19.1 Å². The first-order chi connectivity index (χ1) is 12.1. The Balaban J connectivity index is 3.38. The van der Waals surface area contributed by atoms with Crippen molar-refractivity contribution in [3.8, 4) is 0 Å². The fraction of sp³-hybridized carbons (Fsp3) is 0.905. The highest BCUT2D eigenvalue weighted by Gasteiger charge is 2.09. The summed E-state index contributed by atoms with van der Waals surface area (Å²) in [7, 11) is 0. The van der Waals surface area contributed by atoms with Crippen LogP contribution in [0.5, 0.6) is 0 Å². The molecular weight excluding hydrogens is 316 g/mol. The van der Waals surface area contributed by atoms with Crippen molar-refractivity contribution in [3.63, 3.8) is 0 Å². The van der Waals surface area contributed by atoms with Crippen LogP contribution in [0, 0.1) is 0 Å². The minimum atomic E-state index is -0.0755. The summed E-state index contributed by atoms with van der Waals surface area (Å²) < 4.78 is 10.5. The average molecular weight is 357 g/mol. The Morgan fingerprint density at radius 1 is 0.720 bits per heavy atom. The number of rotatable bonds is 17. The summed E-state index contributed by atoms with van der Waals surface area (Å²) in [5, 5.41) is 0. The first-order valence-electron chi connectivity index (χ1n) is 10.4. The summed E-state index contributed by atoms with van der Waals surface area (Å²) in [6.07, 6.45) is 14.0. The minimum absolute atomic E-state index is 0.0526. The Morgan fingerprint density at radius 3 is 1.88 bits per heavy atom. The molecule has 0 spiro atoms. The smallest absolute Gasteiger partial charge is 0.306 e. The lowest BCUT2D eigenvalue weighted by Gasteiger charge is -2.13. The van der Waals surface area contributed by atoms with Gasteiger partial charge in [0.15, 0.2) is 0 Å². The van der Waals surface area contributed by atoms with Gasteiger partial charge in [-0.25, -0.2) is 0 Å². The number of hydrogen-bond donors (Lipinski definition) is 0. The number of carbonyl (C=O) groups excluding carboxylic acids is 2. The van der Waals surface area contributed by atoms with E-state index < -0.39 is 0 Å². The van der Waals surface area contributed by atoms with Crippen molar-refractivity contribution in [2.45, 2.75) is 117 Å². The maximum atomic E-state index is 11.8. The van der Waals surface area contributed by atoms with Crippen LogP contribution in [0.15, 0.2) is 0 Å². The summed E-state index contributed by atoms with van der Waals surface area (Å²) in [5.74, 6) is -0.130. The Morgan fingerprint density at radius 2 is 1.28 bits per heavy atom. The third kappa shape index (κ3) is 17.6. The summed E-state index contributed by atoms with van der Waals surface area (Å²) >= 11 is 0. The van der Waals surface area contributed by atoms with Crippen molar-refractivity contribution in [1.29, 1.82) is 0 Å². The second-order valence-electron chi connectivity index (χ2n) is 6.99. The van der Waals surface area contributed by atoms with Gasteiger partial charge in [0.2, 0.25) is 0 Å². The quantitative estimate of drug-likeness (QED) is 0.238. The fourth-order valence-corrected chi connectivity index (χ4v) is 2.73. The largest absolute Gasteiger partial charge is 0.466 e. The zero-order chi connectivity index (χ0) is 18.8. The highest BCUT2D eigenvalue weighted by atomic mass is 16.5. The molecule has 0 saturated heterocycles. The molecule has 1 unspecified atom stereocenters. The van der Waals surface area contributed by atoms with Crippen molar-refractivity contribution in [3.05, 3.63) is 0 Å². The standard InChI is InChI=1S/C21H40O4/c1-4-6-7-12-15-19(3)25-21(23)17-14-11-9-8-10-13-16-20(22)24-18-5-2/h19H,4-18H2,1-3H3. The van der Waals surface area contributed by atoms with Crippen LogP contribution in [-0.2, 0) is 19.1 Å². The van der Waals surface area contributed by atoms with Gasteiger partial charge >= 0.3 is 11.9 Å². The molecule has 0 amide bonds. The highest BCUT2D eigenvalue weighted by Crippen LogP contribution is 2.12. The van der Waals surface area contributed by atoms with Crippen LogP contribution in [0.4, 0.5) is 0 Å². The topological polar surface area (TPSA) is 52.6 Å². The van der Waals surface area contributed by atoms with E-state index >= 15 is 0 Å². The lowest BCUT2D eigenvalue weighted by molar-refractivity contribution is -0.148. The second kappa shape index (κ2) is 17.8. The molecule has 4 nitrogen and oxygen atoms in total. The molecule has 1 atom stereocenters. The van der Waals surface area contributed by atoms with E-state index in [0.717, 1.165) is 57.8 Å². The van der Waals surface area contributed by atoms with Gasteiger partial charge in [-0.15, -0.1) is 0 Å². The highest BCUT2D eigenvalue weighted by molar-refractivity contribution is 5.69. The van der Waals surface area contributed by atoms with Gasteiger partial charge in [0.05, 0.1) is 12.7 Å². The molecule has 0 fully saturated rings. The van der Waals surface area contributed by atoms with E-state index in [-0.39, 0.29) is 18.0 Å². The molecule has 0 rings (SSSR count). The maximum Gasteiger partial charge on any atom is 0.306 e. The molecule has 0 aliphatic rings. The number of esters is 2. The van der Waals surface area contributed by atoms with E-state index in [4.69, 9.17) is 9.47 Å². The van der Waals surface area contributed by atoms with E-state index in [9.17, 15) is 9.59 Å². The monoisotopic (exact) mass is 356 g/mol. The second-order valence-corrected chi connectivity index (χ2v) is 6.99. The van der Waals surface area contributed by atoms with Gasteiger partial charge in [0.1, 0.15) is 0 Å². The van der Waals surface area contributed by atoms with Gasteiger partial charge in [0.25, 0.3) is 0 Å². The lowest BCUT2D eigenvalue weighted by Crippen LogP contribution is -2.14. The first kappa shape index (κ1) is 23.9. The fourth-order valence-electron chi connectivity index (χ4n) is 2.73. The van der Waals surface area contributed by atoms with Crippen LogP contribution in [0.25, 0.3) is 0 Å². The van der Waals surface area contributed by atoms with Gasteiger partial charge in [-0.05, 0) is 39.0 Å². The molecule has 0 aromatic carbocycles. The predicted octanol–water partition coefficient (Wildman–Crippen LogP) is 5.96. The molecule has 25 heavy (non-hydrogen) atoms. The average Bonchev–Trinajstić information content (AvgIpc) is 2.59. The normalized spacial score (nSPS) is 12.0. The Labute approximate surface area is 155 Å². The van der Waals surface area contributed by atoms with E-state index in [2.05, 4.69) is 6.92 Å². The number of unbranched alkanes of at least 4 members (excludes halogenated alkanes) is 8. The van der Waals surface area contributed by atoms with Crippen LogP contribution in [-0.4, -0.2) is 24.6 Å². The third-order valence-corrected chi connectivity index (χ3v) is 4.28. The number of carbonyl (C=O) groups is 2. The van der Waals surface area contributed by atoms with Crippen LogP contribution < -0.4 is 0 Å². The molecule has 0 N–H and O–H groups in total. The molecule has 0 aromatic rings. The van der Waals surface area contributed by atoms with Crippen molar-refractivity contribution in [2.24, 2.45) is 0 Å². The van der Waals surface area contributed by atoms with Crippen LogP contribution in [0.1, 0.15) is 111 Å². The summed E-state index contributed by atoms with van der Waals surface area (Å²) in [4.78, 5) is 23.1. The molecule has 0 aliphatic heterocycles. The zero-order valence-corrected chi connectivity index (χ0v) is 16.8. The van der Waals surface area contributed by atoms with Crippen molar-refractivity contribution >= 4 is 11.9 Å². The molecule has 0 saturated carbocycles. The van der Waals surface area contributed by atoms with Gasteiger partial charge in [-0.2, -0.15) is 0 Å². The summed E-state index contributed by atoms with van der Waals surface area (Å²) in [5.41, 5.74) is 0. The molecular formula is C21H40O4.